The van der Waals surface area contributed by atoms with Crippen molar-refractivity contribution in [1.29, 1.82) is 0 Å². The van der Waals surface area contributed by atoms with Gasteiger partial charge < -0.3 is 5.32 Å². The topological polar surface area (TPSA) is 70.6 Å². The number of rotatable bonds is 1. The third kappa shape index (κ3) is 1.88. The molecule has 18 heavy (non-hydrogen) atoms. The Labute approximate surface area is 108 Å². The van der Waals surface area contributed by atoms with Gasteiger partial charge in [-0.25, -0.2) is 5.43 Å². The molecule has 0 saturated heterocycles. The maximum absolute atomic E-state index is 11.3. The number of hydrogen-bond acceptors (Lipinski definition) is 4. The molecule has 3 rings (SSSR count). The Morgan fingerprint density at radius 1 is 1.39 bits per heavy atom. The molecule has 0 saturated carbocycles. The lowest BCUT2D eigenvalue weighted by atomic mass is 10.0. The second-order valence-electron chi connectivity index (χ2n) is 4.25. The molecule has 0 bridgehead atoms. The first-order valence-electron chi connectivity index (χ1n) is 5.61. The molecule has 2 aliphatic heterocycles. The van der Waals surface area contributed by atoms with Crippen molar-refractivity contribution in [3.05, 3.63) is 29.3 Å². The molecular weight excluding hydrogens is 250 g/mol. The van der Waals surface area contributed by atoms with Crippen LogP contribution >= 0.6 is 11.8 Å². The van der Waals surface area contributed by atoms with E-state index < -0.39 is 0 Å². The number of benzene rings is 1. The highest BCUT2D eigenvalue weighted by Gasteiger charge is 2.24. The number of carbonyl (C=O) groups is 2. The Bertz CT molecular complexity index is 583. The van der Waals surface area contributed by atoms with E-state index in [0.29, 0.717) is 6.42 Å². The van der Waals surface area contributed by atoms with Crippen LogP contribution in [0, 0.1) is 0 Å². The zero-order valence-corrected chi connectivity index (χ0v) is 10.5. The van der Waals surface area contributed by atoms with Crippen LogP contribution in [-0.4, -0.2) is 22.1 Å². The molecule has 2 N–H and O–H groups in total. The van der Waals surface area contributed by atoms with Crippen LogP contribution in [0.2, 0.25) is 0 Å². The van der Waals surface area contributed by atoms with Crippen molar-refractivity contribution in [2.75, 3.05) is 5.32 Å². The highest BCUT2D eigenvalue weighted by Crippen LogP contribution is 2.27. The van der Waals surface area contributed by atoms with Gasteiger partial charge in [0.05, 0.1) is 17.4 Å². The predicted octanol–water partition coefficient (Wildman–Crippen LogP) is 1.73. The number of amides is 2. The predicted molar refractivity (Wildman–Crippen MR) is 70.9 cm³/mol. The monoisotopic (exact) mass is 261 g/mol. The molecule has 1 atom stereocenters. The van der Waals surface area contributed by atoms with E-state index in [1.54, 1.807) is 0 Å². The zero-order chi connectivity index (χ0) is 12.7. The highest BCUT2D eigenvalue weighted by atomic mass is 32.2. The molecule has 0 fully saturated rings. The van der Waals surface area contributed by atoms with E-state index in [0.717, 1.165) is 22.5 Å². The minimum Gasteiger partial charge on any atom is -0.326 e. The maximum atomic E-state index is 11.3. The lowest BCUT2D eigenvalue weighted by Crippen LogP contribution is -2.29. The molecule has 0 radical (unpaired) electrons. The van der Waals surface area contributed by atoms with Gasteiger partial charge in [-0.2, -0.15) is 5.10 Å². The van der Waals surface area contributed by atoms with Gasteiger partial charge in [-0.05, 0) is 30.2 Å². The van der Waals surface area contributed by atoms with Gasteiger partial charge in [0.2, 0.25) is 5.91 Å². The van der Waals surface area contributed by atoms with E-state index in [4.69, 9.17) is 0 Å². The number of hydrazone groups is 1. The lowest BCUT2D eigenvalue weighted by Gasteiger charge is -2.18. The standard InChI is InChI=1S/C12H11N3O2S/c1-6-11(14-15-12(17)18-6)7-2-3-9-8(4-7)5-10(16)13-9/h2-4,6H,5H2,1H3,(H,13,16)(H,15,17). The fourth-order valence-electron chi connectivity index (χ4n) is 2.13. The normalized spacial score (nSPS) is 22.1. The average Bonchev–Trinajstić information content (AvgIpc) is 2.68. The van der Waals surface area contributed by atoms with Crippen molar-refractivity contribution < 1.29 is 9.59 Å². The first kappa shape index (κ1) is 11.3. The fraction of sp³-hybridized carbons (Fsp3) is 0.250. The van der Waals surface area contributed by atoms with Crippen molar-refractivity contribution in [2.24, 2.45) is 5.10 Å². The minimum absolute atomic E-state index is 0.0156. The summed E-state index contributed by atoms with van der Waals surface area (Å²) in [6.07, 6.45) is 0.407. The third-order valence-corrected chi connectivity index (χ3v) is 3.84. The van der Waals surface area contributed by atoms with E-state index in [-0.39, 0.29) is 16.4 Å². The molecule has 6 heteroatoms. The van der Waals surface area contributed by atoms with Gasteiger partial charge in [-0.3, -0.25) is 9.59 Å². The average molecular weight is 261 g/mol. The number of thioether (sulfide) groups is 1. The van der Waals surface area contributed by atoms with Gasteiger partial charge in [-0.15, -0.1) is 0 Å². The SMILES string of the molecule is CC1SC(=O)NN=C1c1ccc2c(c1)CC(=O)N2. The van der Waals surface area contributed by atoms with Crippen LogP contribution in [0.5, 0.6) is 0 Å². The zero-order valence-electron chi connectivity index (χ0n) is 9.69. The van der Waals surface area contributed by atoms with Crippen LogP contribution in [0.1, 0.15) is 18.1 Å². The number of anilines is 1. The summed E-state index contributed by atoms with van der Waals surface area (Å²) in [4.78, 5) is 22.5. The van der Waals surface area contributed by atoms with Crippen molar-refractivity contribution in [3.63, 3.8) is 0 Å². The largest absolute Gasteiger partial charge is 0.326 e. The number of hydrogen-bond donors (Lipinski definition) is 2. The van der Waals surface area contributed by atoms with Crippen molar-refractivity contribution in [2.45, 2.75) is 18.6 Å². The van der Waals surface area contributed by atoms with Crippen LogP contribution in [0.25, 0.3) is 0 Å². The van der Waals surface area contributed by atoms with Gasteiger partial charge >= 0.3 is 0 Å². The van der Waals surface area contributed by atoms with Gasteiger partial charge in [0, 0.05) is 5.69 Å². The molecule has 1 aromatic carbocycles. The van der Waals surface area contributed by atoms with Crippen LogP contribution in [0.4, 0.5) is 10.5 Å². The lowest BCUT2D eigenvalue weighted by molar-refractivity contribution is -0.115. The summed E-state index contributed by atoms with van der Waals surface area (Å²) in [5.74, 6) is 0.0171. The summed E-state index contributed by atoms with van der Waals surface area (Å²) in [5.41, 5.74) is 6.10. The van der Waals surface area contributed by atoms with Crippen LogP contribution in [-0.2, 0) is 11.2 Å². The van der Waals surface area contributed by atoms with Crippen LogP contribution < -0.4 is 10.7 Å². The quantitative estimate of drug-likeness (QED) is 0.808. The van der Waals surface area contributed by atoms with Gasteiger partial charge in [0.1, 0.15) is 0 Å². The Morgan fingerprint density at radius 2 is 2.22 bits per heavy atom. The smallest absolute Gasteiger partial charge is 0.299 e. The summed E-state index contributed by atoms with van der Waals surface area (Å²) in [6, 6.07) is 5.75. The Hall–Kier alpha value is -1.82. The van der Waals surface area contributed by atoms with Crippen molar-refractivity contribution in [3.8, 4) is 0 Å². The number of nitrogens with one attached hydrogen (secondary N) is 2. The summed E-state index contributed by atoms with van der Waals surface area (Å²) < 4.78 is 0. The second kappa shape index (κ2) is 4.13. The van der Waals surface area contributed by atoms with Crippen molar-refractivity contribution in [1.82, 2.24) is 5.43 Å². The van der Waals surface area contributed by atoms with E-state index >= 15 is 0 Å². The minimum atomic E-state index is -0.135. The number of carbonyl (C=O) groups excluding carboxylic acids is 2. The summed E-state index contributed by atoms with van der Waals surface area (Å²) >= 11 is 1.21. The van der Waals surface area contributed by atoms with Gasteiger partial charge in [0.15, 0.2) is 0 Å². The first-order chi connectivity index (χ1) is 8.63. The van der Waals surface area contributed by atoms with E-state index in [2.05, 4.69) is 15.8 Å². The van der Waals surface area contributed by atoms with E-state index in [1.807, 2.05) is 25.1 Å². The number of nitrogens with zero attached hydrogens (tertiary/aromatic N) is 1. The first-order valence-corrected chi connectivity index (χ1v) is 6.49. The molecule has 1 aromatic rings. The Morgan fingerprint density at radius 3 is 3.00 bits per heavy atom. The summed E-state index contributed by atoms with van der Waals surface area (Å²) in [6.45, 7) is 1.94. The Balaban J connectivity index is 1.97. The molecule has 2 heterocycles. The molecule has 0 spiro atoms. The Kier molecular flexibility index (Phi) is 2.59. The summed E-state index contributed by atoms with van der Waals surface area (Å²) in [5, 5.41) is 6.77. The van der Waals surface area contributed by atoms with Gasteiger partial charge in [-0.1, -0.05) is 17.8 Å². The summed E-state index contributed by atoms with van der Waals surface area (Å²) in [7, 11) is 0. The molecule has 1 unspecified atom stereocenters. The van der Waals surface area contributed by atoms with E-state index in [1.165, 1.54) is 11.8 Å². The van der Waals surface area contributed by atoms with E-state index in [9.17, 15) is 9.59 Å². The third-order valence-electron chi connectivity index (χ3n) is 2.96. The highest BCUT2D eigenvalue weighted by molar-refractivity contribution is 8.14. The molecule has 5 nitrogen and oxygen atoms in total. The molecule has 0 aliphatic carbocycles. The molecule has 0 aromatic heterocycles. The molecular formula is C12H11N3O2S. The van der Waals surface area contributed by atoms with Gasteiger partial charge in [0.25, 0.3) is 5.24 Å². The molecule has 2 amide bonds. The second-order valence-corrected chi connectivity index (χ2v) is 5.57. The fourth-order valence-corrected chi connectivity index (χ4v) is 2.85. The van der Waals surface area contributed by atoms with Crippen LogP contribution in [0.3, 0.4) is 0 Å². The molecule has 92 valence electrons. The van der Waals surface area contributed by atoms with Crippen LogP contribution in [0.15, 0.2) is 23.3 Å². The maximum Gasteiger partial charge on any atom is 0.299 e. The number of fused-ring (bicyclic) bond motifs is 1. The van der Waals surface area contributed by atoms with Crippen molar-refractivity contribution >= 4 is 34.3 Å². The molecule has 2 aliphatic rings.